The zero-order valence-corrected chi connectivity index (χ0v) is 18.5. The van der Waals surface area contributed by atoms with Crippen molar-refractivity contribution in [3.63, 3.8) is 0 Å². The smallest absolute Gasteiger partial charge is 0.247 e. The largest absolute Gasteiger partial charge is 0.489 e. The number of amides is 1. The lowest BCUT2D eigenvalue weighted by atomic mass is 10.0. The summed E-state index contributed by atoms with van der Waals surface area (Å²) in [6, 6.07) is 25.6. The number of carbonyl (C=O) groups excluding carboxylic acids is 1. The molecule has 0 heterocycles. The Morgan fingerprint density at radius 1 is 0.875 bits per heavy atom. The lowest BCUT2D eigenvalue weighted by Crippen LogP contribution is -2.33. The van der Waals surface area contributed by atoms with Crippen LogP contribution < -0.4 is 10.2 Å². The Hall–Kier alpha value is -3.16. The Morgan fingerprint density at radius 3 is 2.06 bits per heavy atom. The van der Waals surface area contributed by atoms with Gasteiger partial charge in [0.05, 0.1) is 16.6 Å². The Balaban J connectivity index is 1.60. The van der Waals surface area contributed by atoms with E-state index in [1.165, 1.54) is 12.1 Å². The van der Waals surface area contributed by atoms with Crippen molar-refractivity contribution in [2.24, 2.45) is 5.92 Å². The van der Waals surface area contributed by atoms with Crippen molar-refractivity contribution in [2.75, 3.05) is 5.75 Å². The van der Waals surface area contributed by atoms with Gasteiger partial charge >= 0.3 is 0 Å². The number of aryl methyl sites for hydroxylation is 1. The van der Waals surface area contributed by atoms with Gasteiger partial charge in [-0.25, -0.2) is 13.9 Å². The van der Waals surface area contributed by atoms with Gasteiger partial charge in [-0.2, -0.15) is 0 Å². The van der Waals surface area contributed by atoms with Crippen LogP contribution in [0.1, 0.15) is 24.0 Å². The molecule has 0 saturated heterocycles. The minimum absolute atomic E-state index is 0.114. The molecule has 0 saturated carbocycles. The number of ether oxygens (including phenoxy) is 1. The van der Waals surface area contributed by atoms with E-state index in [1.54, 1.807) is 17.6 Å². The highest BCUT2D eigenvalue weighted by Gasteiger charge is 2.26. The maximum absolute atomic E-state index is 12.9. The van der Waals surface area contributed by atoms with Crippen molar-refractivity contribution in [3.05, 3.63) is 96.1 Å². The molecule has 3 aromatic rings. The van der Waals surface area contributed by atoms with Gasteiger partial charge in [0.2, 0.25) is 5.91 Å². The average Bonchev–Trinajstić information content (AvgIpc) is 2.83. The van der Waals surface area contributed by atoms with E-state index >= 15 is 0 Å². The third-order valence-electron chi connectivity index (χ3n) is 5.19. The summed E-state index contributed by atoms with van der Waals surface area (Å²) in [5.41, 5.74) is 3.73. The molecule has 1 amide bonds. The van der Waals surface area contributed by atoms with Gasteiger partial charge in [0.1, 0.15) is 12.4 Å². The third kappa shape index (κ3) is 6.93. The Bertz CT molecular complexity index is 1080. The van der Waals surface area contributed by atoms with E-state index in [0.717, 1.165) is 17.5 Å². The molecule has 7 heteroatoms. The standard InChI is InChI=1S/C25H27NO5S/c27-25(26-28)22(13-7-12-20-8-3-1-4-9-20)19-32(29,30)24-16-14-23(15-17-24)31-18-21-10-5-2-6-11-21/h1-6,8-11,14-17,22,28H,7,12-13,18-19H2,(H,26,27). The van der Waals surface area contributed by atoms with E-state index in [1.807, 2.05) is 60.7 Å². The maximum Gasteiger partial charge on any atom is 0.247 e. The number of hydrogen-bond acceptors (Lipinski definition) is 5. The number of hydroxylamine groups is 1. The van der Waals surface area contributed by atoms with Gasteiger partial charge in [-0.15, -0.1) is 0 Å². The molecule has 0 aliphatic carbocycles. The summed E-state index contributed by atoms with van der Waals surface area (Å²) in [6.45, 7) is 0.382. The monoisotopic (exact) mass is 453 g/mol. The minimum Gasteiger partial charge on any atom is -0.489 e. The van der Waals surface area contributed by atoms with Crippen LogP contribution in [0.2, 0.25) is 0 Å². The number of sulfone groups is 1. The van der Waals surface area contributed by atoms with Gasteiger partial charge in [-0.1, -0.05) is 60.7 Å². The van der Waals surface area contributed by atoms with Crippen LogP contribution in [0.15, 0.2) is 89.8 Å². The summed E-state index contributed by atoms with van der Waals surface area (Å²) in [7, 11) is -3.72. The zero-order chi connectivity index (χ0) is 22.8. The Morgan fingerprint density at radius 2 is 1.47 bits per heavy atom. The summed E-state index contributed by atoms with van der Waals surface area (Å²) in [6.07, 6.45) is 1.70. The molecule has 0 aliphatic heterocycles. The van der Waals surface area contributed by atoms with Gasteiger partial charge in [-0.3, -0.25) is 10.0 Å². The van der Waals surface area contributed by atoms with Gasteiger partial charge < -0.3 is 4.74 Å². The summed E-state index contributed by atoms with van der Waals surface area (Å²) in [4.78, 5) is 12.2. The van der Waals surface area contributed by atoms with E-state index in [0.29, 0.717) is 25.2 Å². The molecule has 3 rings (SSSR count). The first-order valence-corrected chi connectivity index (χ1v) is 12.1. The first-order chi connectivity index (χ1) is 15.5. The fourth-order valence-corrected chi connectivity index (χ4v) is 5.01. The highest BCUT2D eigenvalue weighted by atomic mass is 32.2. The fraction of sp³-hybridized carbons (Fsp3) is 0.240. The zero-order valence-electron chi connectivity index (χ0n) is 17.7. The normalized spacial score (nSPS) is 12.2. The summed E-state index contributed by atoms with van der Waals surface area (Å²) in [5.74, 6) is -1.36. The maximum atomic E-state index is 12.9. The van der Waals surface area contributed by atoms with E-state index in [2.05, 4.69) is 0 Å². The topological polar surface area (TPSA) is 92.7 Å². The number of hydrogen-bond donors (Lipinski definition) is 2. The van der Waals surface area contributed by atoms with Crippen LogP contribution in [0.5, 0.6) is 5.75 Å². The van der Waals surface area contributed by atoms with Crippen LogP contribution >= 0.6 is 0 Å². The van der Waals surface area contributed by atoms with Crippen LogP contribution in [0.25, 0.3) is 0 Å². The number of carbonyl (C=O) groups is 1. The molecule has 168 valence electrons. The molecule has 0 fully saturated rings. The van der Waals surface area contributed by atoms with E-state index in [4.69, 9.17) is 9.94 Å². The summed E-state index contributed by atoms with van der Waals surface area (Å²) >= 11 is 0. The van der Waals surface area contributed by atoms with Gasteiger partial charge in [0, 0.05) is 0 Å². The van der Waals surface area contributed by atoms with Crippen molar-refractivity contribution in [2.45, 2.75) is 30.8 Å². The van der Waals surface area contributed by atoms with E-state index < -0.39 is 21.7 Å². The van der Waals surface area contributed by atoms with Crippen LogP contribution in [-0.4, -0.2) is 25.3 Å². The first kappa shape index (κ1) is 23.5. The SMILES string of the molecule is O=C(NO)C(CCCc1ccccc1)CS(=O)(=O)c1ccc(OCc2ccccc2)cc1. The molecule has 0 bridgehead atoms. The molecular formula is C25H27NO5S. The van der Waals surface area contributed by atoms with Gasteiger partial charge in [0.25, 0.3) is 0 Å². The molecule has 32 heavy (non-hydrogen) atoms. The molecule has 0 radical (unpaired) electrons. The summed E-state index contributed by atoms with van der Waals surface area (Å²) in [5, 5.41) is 9.07. The fourth-order valence-electron chi connectivity index (χ4n) is 3.42. The molecular weight excluding hydrogens is 426 g/mol. The Labute approximate surface area is 188 Å². The number of nitrogens with one attached hydrogen (secondary N) is 1. The third-order valence-corrected chi connectivity index (χ3v) is 7.03. The molecule has 0 aliphatic rings. The van der Waals surface area contributed by atoms with Crippen LogP contribution in [0.4, 0.5) is 0 Å². The lowest BCUT2D eigenvalue weighted by molar-refractivity contribution is -0.132. The molecule has 0 spiro atoms. The minimum atomic E-state index is -3.72. The van der Waals surface area contributed by atoms with Crippen molar-refractivity contribution in [3.8, 4) is 5.75 Å². The highest BCUT2D eigenvalue weighted by molar-refractivity contribution is 7.91. The average molecular weight is 454 g/mol. The van der Waals surface area contributed by atoms with Crippen LogP contribution in [0, 0.1) is 5.92 Å². The second kappa shape index (κ2) is 11.5. The first-order valence-electron chi connectivity index (χ1n) is 10.5. The van der Waals surface area contributed by atoms with Gasteiger partial charge in [0.15, 0.2) is 9.84 Å². The van der Waals surface area contributed by atoms with Crippen molar-refractivity contribution in [1.29, 1.82) is 0 Å². The van der Waals surface area contributed by atoms with Crippen molar-refractivity contribution in [1.82, 2.24) is 5.48 Å². The highest BCUT2D eigenvalue weighted by Crippen LogP contribution is 2.22. The molecule has 1 atom stereocenters. The molecule has 0 aromatic heterocycles. The predicted octanol–water partition coefficient (Wildman–Crippen LogP) is 4.18. The second-order valence-electron chi connectivity index (χ2n) is 7.58. The molecule has 3 aromatic carbocycles. The van der Waals surface area contributed by atoms with Crippen molar-refractivity contribution >= 4 is 15.7 Å². The van der Waals surface area contributed by atoms with E-state index in [-0.39, 0.29) is 10.6 Å². The van der Waals surface area contributed by atoms with E-state index in [9.17, 15) is 13.2 Å². The van der Waals surface area contributed by atoms with Crippen LogP contribution in [-0.2, 0) is 27.7 Å². The molecule has 1 unspecified atom stereocenters. The predicted molar refractivity (Wildman–Crippen MR) is 122 cm³/mol. The lowest BCUT2D eigenvalue weighted by Gasteiger charge is -2.15. The molecule has 2 N–H and O–H groups in total. The van der Waals surface area contributed by atoms with Crippen molar-refractivity contribution < 1.29 is 23.2 Å². The molecule has 6 nitrogen and oxygen atoms in total. The Kier molecular flexibility index (Phi) is 8.41. The van der Waals surface area contributed by atoms with Crippen LogP contribution in [0.3, 0.4) is 0 Å². The second-order valence-corrected chi connectivity index (χ2v) is 9.61. The number of benzene rings is 3. The summed E-state index contributed by atoms with van der Waals surface area (Å²) < 4.78 is 31.5. The number of rotatable bonds is 11. The van der Waals surface area contributed by atoms with Gasteiger partial charge in [-0.05, 0) is 54.7 Å². The quantitative estimate of drug-likeness (QED) is 0.336.